The summed E-state index contributed by atoms with van der Waals surface area (Å²) in [5, 5.41) is 1.97. The first-order chi connectivity index (χ1) is 10.6. The van der Waals surface area contributed by atoms with E-state index in [9.17, 15) is 13.6 Å². The van der Waals surface area contributed by atoms with E-state index in [-0.39, 0.29) is 17.7 Å². The number of rotatable bonds is 6. The fourth-order valence-electron chi connectivity index (χ4n) is 2.29. The van der Waals surface area contributed by atoms with Gasteiger partial charge < -0.3 is 9.64 Å². The van der Waals surface area contributed by atoms with Gasteiger partial charge in [-0.2, -0.15) is 8.78 Å². The minimum absolute atomic E-state index is 0.00715. The first kappa shape index (κ1) is 15.0. The van der Waals surface area contributed by atoms with Crippen molar-refractivity contribution in [3.05, 3.63) is 52.2 Å². The van der Waals surface area contributed by atoms with Crippen LogP contribution in [0.3, 0.4) is 0 Å². The maximum atomic E-state index is 12.7. The maximum Gasteiger partial charge on any atom is 0.387 e. The molecule has 3 rings (SSSR count). The van der Waals surface area contributed by atoms with Gasteiger partial charge in [0, 0.05) is 16.5 Å². The summed E-state index contributed by atoms with van der Waals surface area (Å²) >= 11 is 1.60. The van der Waals surface area contributed by atoms with Crippen molar-refractivity contribution in [2.75, 3.05) is 0 Å². The molecule has 1 fully saturated rings. The maximum absolute atomic E-state index is 12.7. The second-order valence-corrected chi connectivity index (χ2v) is 6.18. The molecule has 1 heterocycles. The van der Waals surface area contributed by atoms with Gasteiger partial charge in [0.15, 0.2) is 0 Å². The zero-order valence-electron chi connectivity index (χ0n) is 11.7. The lowest BCUT2D eigenvalue weighted by molar-refractivity contribution is -0.0499. The predicted molar refractivity (Wildman–Crippen MR) is 80.3 cm³/mol. The highest BCUT2D eigenvalue weighted by Gasteiger charge is 2.33. The molecule has 0 aliphatic heterocycles. The molecule has 3 nitrogen and oxygen atoms in total. The van der Waals surface area contributed by atoms with E-state index in [0.29, 0.717) is 12.1 Å². The summed E-state index contributed by atoms with van der Waals surface area (Å²) in [5.41, 5.74) is 0.376. The number of ether oxygens (including phenoxy) is 1. The zero-order chi connectivity index (χ0) is 15.5. The quantitative estimate of drug-likeness (QED) is 0.799. The van der Waals surface area contributed by atoms with Gasteiger partial charge in [-0.3, -0.25) is 4.79 Å². The molecule has 22 heavy (non-hydrogen) atoms. The highest BCUT2D eigenvalue weighted by molar-refractivity contribution is 7.09. The molecule has 0 unspecified atom stereocenters. The van der Waals surface area contributed by atoms with Crippen LogP contribution in [-0.2, 0) is 6.54 Å². The molecule has 0 radical (unpaired) electrons. The number of amides is 1. The minimum atomic E-state index is -2.89. The largest absolute Gasteiger partial charge is 0.435 e. The van der Waals surface area contributed by atoms with E-state index in [2.05, 4.69) is 4.74 Å². The SMILES string of the molecule is O=C(c1cccc(OC(F)F)c1)N(Cc1cccs1)C1CC1. The lowest BCUT2D eigenvalue weighted by atomic mass is 10.2. The number of carbonyl (C=O) groups excluding carboxylic acids is 1. The molecule has 1 amide bonds. The molecule has 6 heteroatoms. The Morgan fingerprint density at radius 2 is 2.14 bits per heavy atom. The third kappa shape index (κ3) is 3.62. The van der Waals surface area contributed by atoms with Gasteiger partial charge in [0.25, 0.3) is 5.91 Å². The molecular weight excluding hydrogens is 308 g/mol. The molecule has 116 valence electrons. The van der Waals surface area contributed by atoms with E-state index in [1.165, 1.54) is 12.1 Å². The monoisotopic (exact) mass is 323 g/mol. The highest BCUT2D eigenvalue weighted by Crippen LogP contribution is 2.31. The van der Waals surface area contributed by atoms with E-state index in [4.69, 9.17) is 0 Å². The standard InChI is InChI=1S/C16H15F2NO2S/c17-16(18)21-13-4-1-3-11(9-13)15(20)19(12-6-7-12)10-14-5-2-8-22-14/h1-5,8-9,12,16H,6-7,10H2. The van der Waals surface area contributed by atoms with Crippen LogP contribution in [0.1, 0.15) is 28.1 Å². The van der Waals surface area contributed by atoms with Gasteiger partial charge >= 0.3 is 6.61 Å². The summed E-state index contributed by atoms with van der Waals surface area (Å²) in [4.78, 5) is 15.6. The number of hydrogen-bond acceptors (Lipinski definition) is 3. The predicted octanol–water partition coefficient (Wildman–Crippen LogP) is 4.15. The molecule has 0 saturated heterocycles. The van der Waals surface area contributed by atoms with Crippen LogP contribution in [0.4, 0.5) is 8.78 Å². The number of thiophene rings is 1. The first-order valence-electron chi connectivity index (χ1n) is 7.02. The van der Waals surface area contributed by atoms with Gasteiger partial charge in [-0.15, -0.1) is 11.3 Å². The second-order valence-electron chi connectivity index (χ2n) is 5.15. The molecule has 1 aromatic heterocycles. The lowest BCUT2D eigenvalue weighted by Gasteiger charge is -2.22. The van der Waals surface area contributed by atoms with Gasteiger partial charge in [-0.1, -0.05) is 12.1 Å². The van der Waals surface area contributed by atoms with Crippen molar-refractivity contribution in [3.63, 3.8) is 0 Å². The van der Waals surface area contributed by atoms with Gasteiger partial charge in [-0.25, -0.2) is 0 Å². The summed E-state index contributed by atoms with van der Waals surface area (Å²) in [6.07, 6.45) is 1.98. The normalized spacial score (nSPS) is 14.1. The molecule has 1 aliphatic carbocycles. The van der Waals surface area contributed by atoms with E-state index in [1.807, 2.05) is 22.4 Å². The van der Waals surface area contributed by atoms with Crippen LogP contribution in [0.15, 0.2) is 41.8 Å². The summed E-state index contributed by atoms with van der Waals surface area (Å²) in [6, 6.07) is 10.2. The van der Waals surface area contributed by atoms with Gasteiger partial charge in [0.2, 0.25) is 0 Å². The Balaban J connectivity index is 1.78. The van der Waals surface area contributed by atoms with E-state index >= 15 is 0 Å². The van der Waals surface area contributed by atoms with Crippen LogP contribution in [0.25, 0.3) is 0 Å². The van der Waals surface area contributed by atoms with Crippen LogP contribution in [0.5, 0.6) is 5.75 Å². The van der Waals surface area contributed by atoms with Crippen molar-refractivity contribution in [2.24, 2.45) is 0 Å². The molecule has 0 bridgehead atoms. The molecule has 0 N–H and O–H groups in total. The smallest absolute Gasteiger partial charge is 0.387 e. The summed E-state index contributed by atoms with van der Waals surface area (Å²) in [5.74, 6) is -0.136. The van der Waals surface area contributed by atoms with E-state index in [0.717, 1.165) is 17.7 Å². The molecule has 1 saturated carbocycles. The Hall–Kier alpha value is -1.95. The van der Waals surface area contributed by atoms with Crippen molar-refractivity contribution < 1.29 is 18.3 Å². The van der Waals surface area contributed by atoms with E-state index in [1.54, 1.807) is 23.5 Å². The number of alkyl halides is 2. The van der Waals surface area contributed by atoms with E-state index < -0.39 is 6.61 Å². The van der Waals surface area contributed by atoms with Crippen molar-refractivity contribution in [2.45, 2.75) is 32.0 Å². The Labute approximate surface area is 131 Å². The molecule has 1 aromatic carbocycles. The number of halogens is 2. The topological polar surface area (TPSA) is 29.5 Å². The Morgan fingerprint density at radius 3 is 2.77 bits per heavy atom. The van der Waals surface area contributed by atoms with Crippen LogP contribution < -0.4 is 4.74 Å². The third-order valence-electron chi connectivity index (χ3n) is 3.46. The van der Waals surface area contributed by atoms with Gasteiger partial charge in [0.1, 0.15) is 5.75 Å². The van der Waals surface area contributed by atoms with Crippen LogP contribution in [0.2, 0.25) is 0 Å². The average Bonchev–Trinajstić information content (AvgIpc) is 3.20. The zero-order valence-corrected chi connectivity index (χ0v) is 12.6. The fraction of sp³-hybridized carbons (Fsp3) is 0.312. The molecule has 0 spiro atoms. The Kier molecular flexibility index (Phi) is 4.38. The van der Waals surface area contributed by atoms with Gasteiger partial charge in [0.05, 0.1) is 6.54 Å². The van der Waals surface area contributed by atoms with Crippen LogP contribution >= 0.6 is 11.3 Å². The molecule has 0 atom stereocenters. The fourth-order valence-corrected chi connectivity index (χ4v) is 3.00. The molecular formula is C16H15F2NO2S. The highest BCUT2D eigenvalue weighted by atomic mass is 32.1. The Bertz CT molecular complexity index is 641. The van der Waals surface area contributed by atoms with Crippen LogP contribution in [0, 0.1) is 0 Å². The summed E-state index contributed by atoms with van der Waals surface area (Å²) in [6.45, 7) is -2.34. The molecule has 2 aromatic rings. The second kappa shape index (κ2) is 6.44. The van der Waals surface area contributed by atoms with Crippen molar-refractivity contribution in [1.29, 1.82) is 0 Å². The number of carbonyl (C=O) groups is 1. The van der Waals surface area contributed by atoms with Crippen LogP contribution in [-0.4, -0.2) is 23.5 Å². The number of benzene rings is 1. The third-order valence-corrected chi connectivity index (χ3v) is 4.32. The number of hydrogen-bond donors (Lipinski definition) is 0. The summed E-state index contributed by atoms with van der Waals surface area (Å²) in [7, 11) is 0. The van der Waals surface area contributed by atoms with Crippen molar-refractivity contribution >= 4 is 17.2 Å². The van der Waals surface area contributed by atoms with Gasteiger partial charge in [-0.05, 0) is 42.5 Å². The summed E-state index contributed by atoms with van der Waals surface area (Å²) < 4.78 is 28.9. The van der Waals surface area contributed by atoms with Crippen molar-refractivity contribution in [1.82, 2.24) is 4.90 Å². The van der Waals surface area contributed by atoms with Crippen molar-refractivity contribution in [3.8, 4) is 5.75 Å². The number of nitrogens with zero attached hydrogens (tertiary/aromatic N) is 1. The first-order valence-corrected chi connectivity index (χ1v) is 7.89. The minimum Gasteiger partial charge on any atom is -0.435 e. The Morgan fingerprint density at radius 1 is 1.32 bits per heavy atom. The average molecular weight is 323 g/mol. The lowest BCUT2D eigenvalue weighted by Crippen LogP contribution is -2.32. The molecule has 1 aliphatic rings.